The molecule has 3 rings (SSSR count). The molecule has 1 aromatic heterocycles. The molecule has 20 heavy (non-hydrogen) atoms. The Bertz CT molecular complexity index is 618. The molecule has 6 nitrogen and oxygen atoms in total. The first kappa shape index (κ1) is 12.8. The molecule has 6 heteroatoms. The minimum absolute atomic E-state index is 0.109. The number of rotatable bonds is 3. The average molecular weight is 272 g/mol. The fourth-order valence-corrected chi connectivity index (χ4v) is 2.55. The average Bonchev–Trinajstić information content (AvgIpc) is 2.47. The zero-order valence-electron chi connectivity index (χ0n) is 11.1. The highest BCUT2D eigenvalue weighted by molar-refractivity contribution is 5.89. The van der Waals surface area contributed by atoms with Crippen LogP contribution in [0.1, 0.15) is 0 Å². The summed E-state index contributed by atoms with van der Waals surface area (Å²) in [6.45, 7) is 3.16. The third-order valence-corrected chi connectivity index (χ3v) is 3.55. The molecule has 0 aliphatic carbocycles. The summed E-state index contributed by atoms with van der Waals surface area (Å²) in [5.74, 6) is 0.163. The van der Waals surface area contributed by atoms with Gasteiger partial charge in [0.1, 0.15) is 12.1 Å². The predicted octanol–water partition coefficient (Wildman–Crippen LogP) is 0.836. The van der Waals surface area contributed by atoms with Gasteiger partial charge >= 0.3 is 5.97 Å². The van der Waals surface area contributed by atoms with Crippen LogP contribution in [0.15, 0.2) is 30.6 Å². The van der Waals surface area contributed by atoms with Gasteiger partial charge in [-0.15, -0.1) is 0 Å². The molecule has 2 aromatic rings. The number of aliphatic carboxylic acids is 1. The van der Waals surface area contributed by atoms with Crippen molar-refractivity contribution in [3.05, 3.63) is 30.6 Å². The standard InChI is InChI=1S/C14H16N4O2/c19-13(20)9-17-5-7-18(8-6-17)14-11-3-1-2-4-12(11)15-10-16-14/h1-4,10H,5-9H2,(H,19,20). The fourth-order valence-electron chi connectivity index (χ4n) is 2.55. The molecule has 1 saturated heterocycles. The number of anilines is 1. The van der Waals surface area contributed by atoms with Crippen molar-refractivity contribution in [3.63, 3.8) is 0 Å². The van der Waals surface area contributed by atoms with Crippen molar-refractivity contribution in [2.75, 3.05) is 37.6 Å². The van der Waals surface area contributed by atoms with E-state index in [0.717, 1.165) is 42.9 Å². The molecule has 1 aromatic carbocycles. The summed E-state index contributed by atoms with van der Waals surface area (Å²) in [6.07, 6.45) is 1.58. The molecule has 1 aliphatic rings. The van der Waals surface area contributed by atoms with E-state index < -0.39 is 5.97 Å². The predicted molar refractivity (Wildman–Crippen MR) is 75.8 cm³/mol. The van der Waals surface area contributed by atoms with Crippen LogP contribution in [0.25, 0.3) is 10.9 Å². The summed E-state index contributed by atoms with van der Waals surface area (Å²) in [5, 5.41) is 9.86. The van der Waals surface area contributed by atoms with E-state index in [2.05, 4.69) is 14.9 Å². The highest BCUT2D eigenvalue weighted by Crippen LogP contribution is 2.23. The second-order valence-corrected chi connectivity index (χ2v) is 4.87. The van der Waals surface area contributed by atoms with Crippen LogP contribution in [0.5, 0.6) is 0 Å². The Labute approximate surface area is 116 Å². The van der Waals surface area contributed by atoms with E-state index in [0.29, 0.717) is 0 Å². The van der Waals surface area contributed by atoms with Crippen LogP contribution in [0.3, 0.4) is 0 Å². The lowest BCUT2D eigenvalue weighted by Crippen LogP contribution is -2.48. The first-order chi connectivity index (χ1) is 9.74. The maximum atomic E-state index is 10.7. The van der Waals surface area contributed by atoms with Crippen molar-refractivity contribution in [1.82, 2.24) is 14.9 Å². The molecule has 0 radical (unpaired) electrons. The van der Waals surface area contributed by atoms with Gasteiger partial charge in [0.25, 0.3) is 0 Å². The van der Waals surface area contributed by atoms with Gasteiger partial charge in [-0.2, -0.15) is 0 Å². The molecule has 1 aliphatic heterocycles. The summed E-state index contributed by atoms with van der Waals surface area (Å²) >= 11 is 0. The summed E-state index contributed by atoms with van der Waals surface area (Å²) in [7, 11) is 0. The molecular formula is C14H16N4O2. The number of carboxylic acid groups (broad SMARTS) is 1. The van der Waals surface area contributed by atoms with Crippen LogP contribution in [0.2, 0.25) is 0 Å². The maximum Gasteiger partial charge on any atom is 0.317 e. The van der Waals surface area contributed by atoms with Crippen molar-refractivity contribution in [3.8, 4) is 0 Å². The lowest BCUT2D eigenvalue weighted by atomic mass is 10.2. The number of aromatic nitrogens is 2. The number of carbonyl (C=O) groups is 1. The van der Waals surface area contributed by atoms with E-state index in [-0.39, 0.29) is 6.54 Å². The summed E-state index contributed by atoms with van der Waals surface area (Å²) in [4.78, 5) is 23.5. The lowest BCUT2D eigenvalue weighted by Gasteiger charge is -2.34. The van der Waals surface area contributed by atoms with E-state index in [1.165, 1.54) is 0 Å². The van der Waals surface area contributed by atoms with Crippen LogP contribution in [0, 0.1) is 0 Å². The summed E-state index contributed by atoms with van der Waals surface area (Å²) < 4.78 is 0. The van der Waals surface area contributed by atoms with Crippen molar-refractivity contribution >= 4 is 22.7 Å². The number of carboxylic acids is 1. The Morgan fingerprint density at radius 2 is 1.90 bits per heavy atom. The Balaban J connectivity index is 1.78. The lowest BCUT2D eigenvalue weighted by molar-refractivity contribution is -0.138. The number of para-hydroxylation sites is 1. The first-order valence-corrected chi connectivity index (χ1v) is 6.63. The Morgan fingerprint density at radius 1 is 1.15 bits per heavy atom. The Kier molecular flexibility index (Phi) is 3.47. The molecule has 0 bridgehead atoms. The third-order valence-electron chi connectivity index (χ3n) is 3.55. The topological polar surface area (TPSA) is 69.6 Å². The fraction of sp³-hybridized carbons (Fsp3) is 0.357. The smallest absolute Gasteiger partial charge is 0.317 e. The number of benzene rings is 1. The second-order valence-electron chi connectivity index (χ2n) is 4.87. The van der Waals surface area contributed by atoms with Crippen LogP contribution in [-0.4, -0.2) is 58.7 Å². The van der Waals surface area contributed by atoms with Crippen LogP contribution in [-0.2, 0) is 4.79 Å². The third kappa shape index (κ3) is 2.55. The molecule has 0 atom stereocenters. The number of fused-ring (bicyclic) bond motifs is 1. The van der Waals surface area contributed by atoms with Gasteiger partial charge in [0.15, 0.2) is 0 Å². The Morgan fingerprint density at radius 3 is 2.65 bits per heavy atom. The number of hydrogen-bond donors (Lipinski definition) is 1. The van der Waals surface area contributed by atoms with Crippen LogP contribution in [0.4, 0.5) is 5.82 Å². The molecule has 2 heterocycles. The van der Waals surface area contributed by atoms with E-state index in [1.807, 2.05) is 29.2 Å². The van der Waals surface area contributed by atoms with Gasteiger partial charge in [0.2, 0.25) is 0 Å². The largest absolute Gasteiger partial charge is 0.480 e. The van der Waals surface area contributed by atoms with E-state index >= 15 is 0 Å². The van der Waals surface area contributed by atoms with Gasteiger partial charge in [-0.25, -0.2) is 9.97 Å². The number of hydrogen-bond acceptors (Lipinski definition) is 5. The minimum atomic E-state index is -0.772. The SMILES string of the molecule is O=C(O)CN1CCN(c2ncnc3ccccc23)CC1. The van der Waals surface area contributed by atoms with Gasteiger partial charge in [0.05, 0.1) is 12.1 Å². The molecule has 0 unspecified atom stereocenters. The highest BCUT2D eigenvalue weighted by Gasteiger charge is 2.20. The number of piperazine rings is 1. The quantitative estimate of drug-likeness (QED) is 0.892. The molecule has 1 N–H and O–H groups in total. The molecule has 0 saturated carbocycles. The van der Waals surface area contributed by atoms with Gasteiger partial charge in [0, 0.05) is 31.6 Å². The molecular weight excluding hydrogens is 256 g/mol. The Hall–Kier alpha value is -2.21. The van der Waals surface area contributed by atoms with Crippen molar-refractivity contribution in [2.45, 2.75) is 0 Å². The maximum absolute atomic E-state index is 10.7. The van der Waals surface area contributed by atoms with Crippen molar-refractivity contribution < 1.29 is 9.90 Å². The second kappa shape index (κ2) is 5.42. The number of nitrogens with zero attached hydrogens (tertiary/aromatic N) is 4. The van der Waals surface area contributed by atoms with Crippen molar-refractivity contribution in [1.29, 1.82) is 0 Å². The normalized spacial score (nSPS) is 16.5. The van der Waals surface area contributed by atoms with Crippen LogP contribution < -0.4 is 4.90 Å². The highest BCUT2D eigenvalue weighted by atomic mass is 16.4. The minimum Gasteiger partial charge on any atom is -0.480 e. The molecule has 0 amide bonds. The monoisotopic (exact) mass is 272 g/mol. The molecule has 0 spiro atoms. The molecule has 104 valence electrons. The van der Waals surface area contributed by atoms with Gasteiger partial charge < -0.3 is 10.0 Å². The van der Waals surface area contributed by atoms with Crippen LogP contribution >= 0.6 is 0 Å². The van der Waals surface area contributed by atoms with Gasteiger partial charge in [-0.05, 0) is 12.1 Å². The van der Waals surface area contributed by atoms with E-state index in [9.17, 15) is 4.79 Å². The summed E-state index contributed by atoms with van der Waals surface area (Å²) in [6, 6.07) is 7.94. The van der Waals surface area contributed by atoms with Gasteiger partial charge in [-0.3, -0.25) is 9.69 Å². The van der Waals surface area contributed by atoms with E-state index in [4.69, 9.17) is 5.11 Å². The zero-order valence-corrected chi connectivity index (χ0v) is 11.1. The van der Waals surface area contributed by atoms with Gasteiger partial charge in [-0.1, -0.05) is 12.1 Å². The van der Waals surface area contributed by atoms with E-state index in [1.54, 1.807) is 6.33 Å². The first-order valence-electron chi connectivity index (χ1n) is 6.63. The molecule has 1 fully saturated rings. The van der Waals surface area contributed by atoms with Crippen molar-refractivity contribution in [2.24, 2.45) is 0 Å². The summed E-state index contributed by atoms with van der Waals surface area (Å²) in [5.41, 5.74) is 0.936. The zero-order chi connectivity index (χ0) is 13.9.